The largest absolute Gasteiger partial charge is 0.478 e. The quantitative estimate of drug-likeness (QED) is 0.903. The summed E-state index contributed by atoms with van der Waals surface area (Å²) in [5, 5.41) is 9.48. The van der Waals surface area contributed by atoms with Crippen LogP contribution < -0.4 is 0 Å². The van der Waals surface area contributed by atoms with Crippen LogP contribution in [-0.4, -0.2) is 45.1 Å². The number of hydrogen-bond donors (Lipinski definition) is 1. The molecule has 1 aromatic heterocycles. The number of rotatable bonds is 5. The van der Waals surface area contributed by atoms with Crippen LogP contribution >= 0.6 is 0 Å². The molecule has 1 aliphatic rings. The Morgan fingerprint density at radius 2 is 2.04 bits per heavy atom. The van der Waals surface area contributed by atoms with E-state index in [4.69, 9.17) is 0 Å². The predicted molar refractivity (Wildman–Crippen MR) is 97.6 cm³/mol. The molecule has 0 saturated carbocycles. The second kappa shape index (κ2) is 7.74. The lowest BCUT2D eigenvalue weighted by molar-refractivity contribution is 0.0697. The van der Waals surface area contributed by atoms with Gasteiger partial charge in [-0.25, -0.2) is 4.79 Å². The highest BCUT2D eigenvalue weighted by atomic mass is 16.4. The summed E-state index contributed by atoms with van der Waals surface area (Å²) < 4.78 is 0. The van der Waals surface area contributed by atoms with Gasteiger partial charge < -0.3 is 10.0 Å². The molecule has 3 rings (SSSR count). The molecule has 0 radical (unpaired) electrons. The average Bonchev–Trinajstić information content (AvgIpc) is 2.62. The summed E-state index contributed by atoms with van der Waals surface area (Å²) in [7, 11) is 0. The summed E-state index contributed by atoms with van der Waals surface area (Å²) in [5.41, 5.74) is 2.51. The van der Waals surface area contributed by atoms with E-state index < -0.39 is 5.97 Å². The average molecular weight is 339 g/mol. The molecule has 1 N–H and O–H groups in total. The highest BCUT2D eigenvalue weighted by molar-refractivity contribution is 5.95. The lowest BCUT2D eigenvalue weighted by atomic mass is 9.90. The Morgan fingerprint density at radius 3 is 2.80 bits per heavy atom. The maximum Gasteiger partial charge on any atom is 0.336 e. The molecule has 1 atom stereocenters. The maximum atomic E-state index is 11.6. The van der Waals surface area contributed by atoms with Gasteiger partial charge in [-0.2, -0.15) is 0 Å². The molecule has 0 amide bonds. The second-order valence-corrected chi connectivity index (χ2v) is 7.00. The first-order valence-corrected chi connectivity index (χ1v) is 8.93. The molecule has 1 saturated heterocycles. The smallest absolute Gasteiger partial charge is 0.336 e. The van der Waals surface area contributed by atoms with E-state index in [1.54, 1.807) is 24.5 Å². The first-order chi connectivity index (χ1) is 12.1. The minimum Gasteiger partial charge on any atom is -0.478 e. The SMILES string of the molecule is CC(C)N1CCC[C@H](Cc2nccnc2-c2ccccc2C(=O)O)C1. The number of hydrogen-bond acceptors (Lipinski definition) is 4. The van der Waals surface area contributed by atoms with Gasteiger partial charge in [-0.1, -0.05) is 18.2 Å². The van der Waals surface area contributed by atoms with Gasteiger partial charge in [0.2, 0.25) is 0 Å². The molecule has 25 heavy (non-hydrogen) atoms. The third kappa shape index (κ3) is 4.04. The van der Waals surface area contributed by atoms with Crippen LogP contribution in [0.5, 0.6) is 0 Å². The molecular weight excluding hydrogens is 314 g/mol. The highest BCUT2D eigenvalue weighted by Crippen LogP contribution is 2.28. The van der Waals surface area contributed by atoms with E-state index in [2.05, 4.69) is 28.7 Å². The van der Waals surface area contributed by atoms with Gasteiger partial charge in [0.15, 0.2) is 0 Å². The van der Waals surface area contributed by atoms with Gasteiger partial charge in [0.1, 0.15) is 0 Å². The van der Waals surface area contributed by atoms with Crippen LogP contribution in [0.15, 0.2) is 36.7 Å². The zero-order valence-electron chi connectivity index (χ0n) is 14.9. The number of carboxylic acids is 1. The van der Waals surface area contributed by atoms with E-state index in [1.165, 1.54) is 12.8 Å². The molecule has 0 bridgehead atoms. The van der Waals surface area contributed by atoms with Crippen molar-refractivity contribution in [1.29, 1.82) is 0 Å². The number of nitrogens with zero attached hydrogens (tertiary/aromatic N) is 3. The summed E-state index contributed by atoms with van der Waals surface area (Å²) in [6, 6.07) is 7.58. The Hall–Kier alpha value is -2.27. The molecule has 0 unspecified atom stereocenters. The predicted octanol–water partition coefficient (Wildman–Crippen LogP) is 3.50. The fourth-order valence-corrected chi connectivity index (χ4v) is 3.62. The summed E-state index contributed by atoms with van der Waals surface area (Å²) in [6.45, 7) is 6.69. The van der Waals surface area contributed by atoms with Crippen molar-refractivity contribution in [2.75, 3.05) is 13.1 Å². The third-order valence-electron chi connectivity index (χ3n) is 4.95. The number of aromatic carboxylic acids is 1. The fraction of sp³-hybridized carbons (Fsp3) is 0.450. The molecule has 5 nitrogen and oxygen atoms in total. The third-order valence-corrected chi connectivity index (χ3v) is 4.95. The van der Waals surface area contributed by atoms with Gasteiger partial charge in [0.05, 0.1) is 17.0 Å². The summed E-state index contributed by atoms with van der Waals surface area (Å²) in [4.78, 5) is 23.1. The van der Waals surface area contributed by atoms with E-state index in [0.29, 0.717) is 23.2 Å². The molecule has 2 aromatic rings. The van der Waals surface area contributed by atoms with Crippen LogP contribution in [0.2, 0.25) is 0 Å². The first kappa shape index (κ1) is 17.5. The summed E-state index contributed by atoms with van der Waals surface area (Å²) >= 11 is 0. The van der Waals surface area contributed by atoms with Crippen LogP contribution in [0, 0.1) is 5.92 Å². The molecule has 0 aliphatic carbocycles. The van der Waals surface area contributed by atoms with Crippen LogP contribution in [0.4, 0.5) is 0 Å². The van der Waals surface area contributed by atoms with Gasteiger partial charge in [-0.3, -0.25) is 9.97 Å². The van der Waals surface area contributed by atoms with Gasteiger partial charge in [-0.15, -0.1) is 0 Å². The Balaban J connectivity index is 1.89. The normalized spacial score (nSPS) is 18.4. The number of carboxylic acid groups (broad SMARTS) is 1. The van der Waals surface area contributed by atoms with E-state index in [0.717, 1.165) is 25.2 Å². The second-order valence-electron chi connectivity index (χ2n) is 7.00. The minimum atomic E-state index is -0.934. The highest BCUT2D eigenvalue weighted by Gasteiger charge is 2.24. The number of carbonyl (C=O) groups is 1. The molecule has 132 valence electrons. The van der Waals surface area contributed by atoms with Gasteiger partial charge in [0, 0.05) is 30.5 Å². The van der Waals surface area contributed by atoms with Gasteiger partial charge in [-0.05, 0) is 51.6 Å². The fourth-order valence-electron chi connectivity index (χ4n) is 3.62. The van der Waals surface area contributed by atoms with Crippen LogP contribution in [-0.2, 0) is 6.42 Å². The topological polar surface area (TPSA) is 66.3 Å². The molecule has 5 heteroatoms. The van der Waals surface area contributed by atoms with Crippen molar-refractivity contribution in [3.8, 4) is 11.3 Å². The minimum absolute atomic E-state index is 0.275. The molecule has 1 fully saturated rings. The van der Waals surface area contributed by atoms with Crippen molar-refractivity contribution >= 4 is 5.97 Å². The Labute approximate surface area is 148 Å². The maximum absolute atomic E-state index is 11.6. The molecule has 2 heterocycles. The molecule has 1 aliphatic heterocycles. The molecular formula is C20H25N3O2. The van der Waals surface area contributed by atoms with Crippen LogP contribution in [0.1, 0.15) is 42.7 Å². The van der Waals surface area contributed by atoms with Crippen molar-refractivity contribution in [2.45, 2.75) is 39.2 Å². The monoisotopic (exact) mass is 339 g/mol. The lowest BCUT2D eigenvalue weighted by Gasteiger charge is -2.35. The van der Waals surface area contributed by atoms with Gasteiger partial charge in [0.25, 0.3) is 0 Å². The van der Waals surface area contributed by atoms with Crippen molar-refractivity contribution in [3.63, 3.8) is 0 Å². The van der Waals surface area contributed by atoms with Crippen LogP contribution in [0.25, 0.3) is 11.3 Å². The van der Waals surface area contributed by atoms with Crippen molar-refractivity contribution in [1.82, 2.24) is 14.9 Å². The number of piperidine rings is 1. The lowest BCUT2D eigenvalue weighted by Crippen LogP contribution is -2.40. The van der Waals surface area contributed by atoms with E-state index in [9.17, 15) is 9.90 Å². The number of benzene rings is 1. The van der Waals surface area contributed by atoms with Gasteiger partial charge >= 0.3 is 5.97 Å². The van der Waals surface area contributed by atoms with Crippen molar-refractivity contribution in [2.24, 2.45) is 5.92 Å². The summed E-state index contributed by atoms with van der Waals surface area (Å²) in [5.74, 6) is -0.403. The Morgan fingerprint density at radius 1 is 1.28 bits per heavy atom. The first-order valence-electron chi connectivity index (χ1n) is 8.93. The van der Waals surface area contributed by atoms with E-state index in [-0.39, 0.29) is 5.56 Å². The Kier molecular flexibility index (Phi) is 5.43. The zero-order chi connectivity index (χ0) is 17.8. The van der Waals surface area contributed by atoms with E-state index in [1.807, 2.05) is 12.1 Å². The Bertz CT molecular complexity index is 745. The zero-order valence-corrected chi connectivity index (χ0v) is 14.9. The molecule has 0 spiro atoms. The standard InChI is InChI=1S/C20H25N3O2/c1-14(2)23-11-5-6-15(13-23)12-18-19(22-10-9-21-18)16-7-3-4-8-17(16)20(24)25/h3-4,7-10,14-15H,5-6,11-13H2,1-2H3,(H,24,25)/t15-/m1/s1. The van der Waals surface area contributed by atoms with Crippen LogP contribution in [0.3, 0.4) is 0 Å². The number of aromatic nitrogens is 2. The molecule has 1 aromatic carbocycles. The van der Waals surface area contributed by atoms with Crippen molar-refractivity contribution in [3.05, 3.63) is 47.9 Å². The summed E-state index contributed by atoms with van der Waals surface area (Å²) in [6.07, 6.45) is 6.55. The number of likely N-dealkylation sites (tertiary alicyclic amines) is 1. The van der Waals surface area contributed by atoms with Crippen molar-refractivity contribution < 1.29 is 9.90 Å². The van der Waals surface area contributed by atoms with E-state index >= 15 is 0 Å².